The van der Waals surface area contributed by atoms with Crippen molar-refractivity contribution in [1.29, 1.82) is 0 Å². The van der Waals surface area contributed by atoms with Gasteiger partial charge in [-0.3, -0.25) is 4.90 Å². The molecular formula is C18H23NO5. The standard InChI is InChI=1S/C18H23NO5/c1-19-4-3-10-5-13(21)18(22-2)16(17(10)19)12-7-15-14(23-9-24-15)6-11(12)8-20/h5-7,13,16-18,20-21H,3-4,8-9H2,1-2H3. The quantitative estimate of drug-likeness (QED) is 0.805. The number of likely N-dealkylation sites (tertiary alicyclic amines) is 1. The van der Waals surface area contributed by atoms with Gasteiger partial charge in [0, 0.05) is 25.6 Å². The van der Waals surface area contributed by atoms with Crippen LogP contribution in [0.2, 0.25) is 0 Å². The fraction of sp³-hybridized carbons (Fsp3) is 0.556. The van der Waals surface area contributed by atoms with Gasteiger partial charge in [0.15, 0.2) is 11.5 Å². The fourth-order valence-corrected chi connectivity index (χ4v) is 4.35. The zero-order valence-corrected chi connectivity index (χ0v) is 13.9. The maximum absolute atomic E-state index is 10.6. The van der Waals surface area contributed by atoms with Crippen LogP contribution in [0.25, 0.3) is 0 Å². The van der Waals surface area contributed by atoms with Crippen molar-refractivity contribution in [3.05, 3.63) is 34.9 Å². The summed E-state index contributed by atoms with van der Waals surface area (Å²) in [6.07, 6.45) is 1.86. The second kappa shape index (κ2) is 6.04. The lowest BCUT2D eigenvalue weighted by atomic mass is 9.75. The monoisotopic (exact) mass is 333 g/mol. The Bertz CT molecular complexity index is 674. The number of hydrogen-bond donors (Lipinski definition) is 2. The largest absolute Gasteiger partial charge is 0.454 e. The van der Waals surface area contributed by atoms with Crippen molar-refractivity contribution in [3.63, 3.8) is 0 Å². The molecule has 0 aromatic heterocycles. The van der Waals surface area contributed by atoms with Gasteiger partial charge in [-0.25, -0.2) is 0 Å². The van der Waals surface area contributed by atoms with Crippen LogP contribution in [-0.4, -0.2) is 60.9 Å². The number of rotatable bonds is 3. The molecular weight excluding hydrogens is 310 g/mol. The minimum Gasteiger partial charge on any atom is -0.454 e. The van der Waals surface area contributed by atoms with Crippen molar-refractivity contribution in [2.24, 2.45) is 0 Å². The Labute approximate surface area is 141 Å². The molecule has 2 aliphatic heterocycles. The number of fused-ring (bicyclic) bond motifs is 2. The highest BCUT2D eigenvalue weighted by molar-refractivity contribution is 5.51. The van der Waals surface area contributed by atoms with Crippen LogP contribution >= 0.6 is 0 Å². The number of likely N-dealkylation sites (N-methyl/N-ethyl adjacent to an activating group) is 1. The molecule has 24 heavy (non-hydrogen) atoms. The van der Waals surface area contributed by atoms with Crippen LogP contribution in [0.15, 0.2) is 23.8 Å². The highest BCUT2D eigenvalue weighted by Gasteiger charge is 2.46. The summed E-state index contributed by atoms with van der Waals surface area (Å²) in [5.41, 5.74) is 2.99. The summed E-state index contributed by atoms with van der Waals surface area (Å²) < 4.78 is 16.6. The van der Waals surface area contributed by atoms with Crippen molar-refractivity contribution >= 4 is 0 Å². The van der Waals surface area contributed by atoms with E-state index < -0.39 is 6.10 Å². The molecule has 3 aliphatic rings. The van der Waals surface area contributed by atoms with Gasteiger partial charge in [-0.05, 0) is 36.7 Å². The fourth-order valence-electron chi connectivity index (χ4n) is 4.35. The number of ether oxygens (including phenoxy) is 3. The molecule has 6 heteroatoms. The Balaban J connectivity index is 1.85. The Hall–Kier alpha value is -1.60. The molecule has 1 saturated heterocycles. The molecule has 1 fully saturated rings. The van der Waals surface area contributed by atoms with Crippen molar-refractivity contribution in [2.75, 3.05) is 27.5 Å². The van der Waals surface area contributed by atoms with Crippen molar-refractivity contribution in [3.8, 4) is 11.5 Å². The predicted molar refractivity (Wildman–Crippen MR) is 87.2 cm³/mol. The first-order valence-electron chi connectivity index (χ1n) is 8.29. The van der Waals surface area contributed by atoms with Gasteiger partial charge in [-0.15, -0.1) is 0 Å². The molecule has 0 amide bonds. The van der Waals surface area contributed by atoms with Gasteiger partial charge in [-0.2, -0.15) is 0 Å². The van der Waals surface area contributed by atoms with Gasteiger partial charge < -0.3 is 24.4 Å². The third-order valence-corrected chi connectivity index (χ3v) is 5.46. The molecule has 2 heterocycles. The summed E-state index contributed by atoms with van der Waals surface area (Å²) in [7, 11) is 3.72. The van der Waals surface area contributed by atoms with E-state index in [1.165, 1.54) is 5.57 Å². The summed E-state index contributed by atoms with van der Waals surface area (Å²) >= 11 is 0. The highest BCUT2D eigenvalue weighted by Crippen LogP contribution is 2.46. The van der Waals surface area contributed by atoms with Crippen LogP contribution in [0, 0.1) is 0 Å². The SMILES string of the molecule is COC1C(O)C=C2CCN(C)C2C1c1cc2c(cc1CO)OCO2. The van der Waals surface area contributed by atoms with Crippen LogP contribution in [0.1, 0.15) is 23.5 Å². The van der Waals surface area contributed by atoms with Gasteiger partial charge in [0.25, 0.3) is 0 Å². The van der Waals surface area contributed by atoms with Gasteiger partial charge in [-0.1, -0.05) is 11.6 Å². The van der Waals surface area contributed by atoms with Crippen molar-refractivity contribution < 1.29 is 24.4 Å². The van der Waals surface area contributed by atoms with E-state index in [4.69, 9.17) is 14.2 Å². The summed E-state index contributed by atoms with van der Waals surface area (Å²) in [4.78, 5) is 2.29. The van der Waals surface area contributed by atoms with Crippen LogP contribution in [-0.2, 0) is 11.3 Å². The smallest absolute Gasteiger partial charge is 0.231 e. The number of hydrogen-bond acceptors (Lipinski definition) is 6. The minimum atomic E-state index is -0.658. The van der Waals surface area contributed by atoms with Crippen LogP contribution in [0.3, 0.4) is 0 Å². The van der Waals surface area contributed by atoms with Crippen molar-refractivity contribution in [2.45, 2.75) is 37.2 Å². The van der Waals surface area contributed by atoms with Crippen molar-refractivity contribution in [1.82, 2.24) is 4.90 Å². The van der Waals surface area contributed by atoms with E-state index in [1.54, 1.807) is 7.11 Å². The molecule has 1 aliphatic carbocycles. The molecule has 4 rings (SSSR count). The first-order chi connectivity index (χ1) is 11.6. The summed E-state index contributed by atoms with van der Waals surface area (Å²) in [5, 5.41) is 20.4. The number of aliphatic hydroxyl groups excluding tert-OH is 2. The van der Waals surface area contributed by atoms with Gasteiger partial charge in [0.1, 0.15) is 0 Å². The Morgan fingerprint density at radius 1 is 1.29 bits per heavy atom. The van der Waals surface area contributed by atoms with E-state index >= 15 is 0 Å². The molecule has 1 aromatic carbocycles. The number of aliphatic hydroxyl groups is 2. The van der Waals surface area contributed by atoms with Crippen LogP contribution in [0.4, 0.5) is 0 Å². The minimum absolute atomic E-state index is 0.0749. The van der Waals surface area contributed by atoms with E-state index in [-0.39, 0.29) is 31.5 Å². The van der Waals surface area contributed by atoms with Crippen LogP contribution < -0.4 is 9.47 Å². The molecule has 0 bridgehead atoms. The second-order valence-electron chi connectivity index (χ2n) is 6.70. The van der Waals surface area contributed by atoms with Gasteiger partial charge >= 0.3 is 0 Å². The maximum atomic E-state index is 10.6. The molecule has 0 spiro atoms. The van der Waals surface area contributed by atoms with Gasteiger partial charge in [0.05, 0.1) is 18.8 Å². The lowest BCUT2D eigenvalue weighted by Crippen LogP contribution is -2.47. The molecule has 4 atom stereocenters. The first-order valence-corrected chi connectivity index (χ1v) is 8.29. The van der Waals surface area contributed by atoms with Gasteiger partial charge in [0.2, 0.25) is 6.79 Å². The van der Waals surface area contributed by atoms with E-state index in [9.17, 15) is 10.2 Å². The zero-order valence-electron chi connectivity index (χ0n) is 13.9. The zero-order chi connectivity index (χ0) is 16.8. The summed E-state index contributed by atoms with van der Waals surface area (Å²) in [6, 6.07) is 3.93. The second-order valence-corrected chi connectivity index (χ2v) is 6.70. The highest BCUT2D eigenvalue weighted by atomic mass is 16.7. The average Bonchev–Trinajstić information content (AvgIpc) is 3.18. The number of methoxy groups -OCH3 is 1. The van der Waals surface area contributed by atoms with E-state index in [2.05, 4.69) is 11.9 Å². The number of benzene rings is 1. The first kappa shape index (κ1) is 15.9. The summed E-state index contributed by atoms with van der Waals surface area (Å²) in [5.74, 6) is 1.26. The lowest BCUT2D eigenvalue weighted by Gasteiger charge is -2.41. The topological polar surface area (TPSA) is 71.4 Å². The normalized spacial score (nSPS) is 31.9. The third-order valence-electron chi connectivity index (χ3n) is 5.46. The molecule has 6 nitrogen and oxygen atoms in total. The molecule has 0 saturated carbocycles. The third kappa shape index (κ3) is 2.33. The lowest BCUT2D eigenvalue weighted by molar-refractivity contribution is -0.0242. The maximum Gasteiger partial charge on any atom is 0.231 e. The Morgan fingerprint density at radius 2 is 2.04 bits per heavy atom. The van der Waals surface area contributed by atoms with Crippen LogP contribution in [0.5, 0.6) is 11.5 Å². The molecule has 4 unspecified atom stereocenters. The predicted octanol–water partition coefficient (Wildman–Crippen LogP) is 1.01. The molecule has 130 valence electrons. The average molecular weight is 333 g/mol. The van der Waals surface area contributed by atoms with E-state index in [0.29, 0.717) is 11.5 Å². The van der Waals surface area contributed by atoms with E-state index in [0.717, 1.165) is 24.1 Å². The Morgan fingerprint density at radius 3 is 2.75 bits per heavy atom. The Kier molecular flexibility index (Phi) is 4.00. The summed E-state index contributed by atoms with van der Waals surface area (Å²) in [6.45, 7) is 1.05. The molecule has 2 N–H and O–H groups in total. The molecule has 1 aromatic rings. The molecule has 0 radical (unpaired) electrons. The van der Waals surface area contributed by atoms with E-state index in [1.807, 2.05) is 18.2 Å². The number of nitrogens with zero attached hydrogens (tertiary/aromatic N) is 1.